The van der Waals surface area contributed by atoms with Crippen molar-refractivity contribution in [2.75, 3.05) is 0 Å². The average molecular weight is 401 g/mol. The van der Waals surface area contributed by atoms with Gasteiger partial charge in [-0.3, -0.25) is 10.1 Å². The number of fused-ring (bicyclic) bond motifs is 3. The highest BCUT2D eigenvalue weighted by Crippen LogP contribution is 2.37. The standard InChI is InChI=1S/C26H28N2O2/c1-25(2,3)17-9-12-21-20-10-7-16(13-22(20)27-23(21)14-17)19-11-8-18(26(4,5)6)15-24(19)28(29)30/h7-15,27H,1-6H3. The van der Waals surface area contributed by atoms with Crippen LogP contribution in [0.4, 0.5) is 5.69 Å². The van der Waals surface area contributed by atoms with Crippen molar-refractivity contribution in [2.24, 2.45) is 0 Å². The van der Waals surface area contributed by atoms with Gasteiger partial charge in [0.05, 0.1) is 10.5 Å². The third-order valence-electron chi connectivity index (χ3n) is 5.84. The van der Waals surface area contributed by atoms with Gasteiger partial charge in [-0.05, 0) is 45.7 Å². The van der Waals surface area contributed by atoms with Crippen LogP contribution in [0.25, 0.3) is 32.9 Å². The quantitative estimate of drug-likeness (QED) is 0.280. The van der Waals surface area contributed by atoms with Gasteiger partial charge in [0.2, 0.25) is 0 Å². The number of rotatable bonds is 2. The highest BCUT2D eigenvalue weighted by atomic mass is 16.6. The highest BCUT2D eigenvalue weighted by Gasteiger charge is 2.22. The lowest BCUT2D eigenvalue weighted by molar-refractivity contribution is -0.384. The molecule has 0 radical (unpaired) electrons. The summed E-state index contributed by atoms with van der Waals surface area (Å²) in [6.07, 6.45) is 0. The van der Waals surface area contributed by atoms with Gasteiger partial charge in [0.25, 0.3) is 5.69 Å². The maximum atomic E-state index is 11.8. The molecule has 0 atom stereocenters. The molecule has 1 heterocycles. The van der Waals surface area contributed by atoms with E-state index in [1.165, 1.54) is 10.9 Å². The van der Waals surface area contributed by atoms with E-state index in [0.29, 0.717) is 5.56 Å². The molecule has 30 heavy (non-hydrogen) atoms. The SMILES string of the molecule is CC(C)(C)c1ccc(-c2ccc3c(c2)[nH]c2cc(C(C)(C)C)ccc23)c([N+](=O)[O-])c1. The number of aromatic amines is 1. The van der Waals surface area contributed by atoms with Gasteiger partial charge in [0.1, 0.15) is 0 Å². The first kappa shape index (κ1) is 20.1. The second kappa shape index (κ2) is 6.69. The first-order chi connectivity index (χ1) is 13.9. The van der Waals surface area contributed by atoms with Crippen molar-refractivity contribution < 1.29 is 4.92 Å². The van der Waals surface area contributed by atoms with Crippen molar-refractivity contribution in [3.63, 3.8) is 0 Å². The number of nitro benzene ring substituents is 1. The number of nitro groups is 1. The molecule has 0 saturated heterocycles. The van der Waals surface area contributed by atoms with E-state index in [-0.39, 0.29) is 21.4 Å². The molecule has 0 fully saturated rings. The maximum Gasteiger partial charge on any atom is 0.277 e. The van der Waals surface area contributed by atoms with Crippen molar-refractivity contribution >= 4 is 27.5 Å². The Kier molecular flexibility index (Phi) is 4.50. The van der Waals surface area contributed by atoms with E-state index in [0.717, 1.165) is 27.5 Å². The lowest BCUT2D eigenvalue weighted by atomic mass is 9.85. The summed E-state index contributed by atoms with van der Waals surface area (Å²) in [7, 11) is 0. The molecule has 0 bridgehead atoms. The topological polar surface area (TPSA) is 58.9 Å². The van der Waals surface area contributed by atoms with E-state index in [1.54, 1.807) is 6.07 Å². The minimum absolute atomic E-state index is 0.0755. The molecule has 4 nitrogen and oxygen atoms in total. The summed E-state index contributed by atoms with van der Waals surface area (Å²) in [6.45, 7) is 12.8. The van der Waals surface area contributed by atoms with Crippen LogP contribution in [0.3, 0.4) is 0 Å². The fourth-order valence-electron chi connectivity index (χ4n) is 3.94. The molecule has 4 heteroatoms. The number of hydrogen-bond acceptors (Lipinski definition) is 2. The Morgan fingerprint density at radius 1 is 0.733 bits per heavy atom. The Balaban J connectivity index is 1.88. The second-order valence-corrected chi connectivity index (χ2v) is 10.1. The molecule has 4 aromatic rings. The Hall–Kier alpha value is -3.14. The number of nitrogens with one attached hydrogen (secondary N) is 1. The van der Waals surface area contributed by atoms with Gasteiger partial charge in [-0.1, -0.05) is 71.9 Å². The first-order valence-electron chi connectivity index (χ1n) is 10.3. The molecule has 1 aromatic heterocycles. The molecule has 4 rings (SSSR count). The zero-order chi connectivity index (χ0) is 21.8. The van der Waals surface area contributed by atoms with Crippen LogP contribution in [0.1, 0.15) is 52.7 Å². The van der Waals surface area contributed by atoms with Crippen molar-refractivity contribution in [1.29, 1.82) is 0 Å². The van der Waals surface area contributed by atoms with Crippen LogP contribution in [-0.4, -0.2) is 9.91 Å². The van der Waals surface area contributed by atoms with Crippen LogP contribution in [0, 0.1) is 10.1 Å². The Morgan fingerprint density at radius 3 is 1.87 bits per heavy atom. The van der Waals surface area contributed by atoms with Crippen LogP contribution < -0.4 is 0 Å². The predicted octanol–water partition coefficient (Wildman–Crippen LogP) is 7.49. The van der Waals surface area contributed by atoms with Gasteiger partial charge < -0.3 is 4.98 Å². The molecule has 0 saturated carbocycles. The summed E-state index contributed by atoms with van der Waals surface area (Å²) in [5.74, 6) is 0. The lowest BCUT2D eigenvalue weighted by Crippen LogP contribution is -2.11. The van der Waals surface area contributed by atoms with Crippen LogP contribution in [0.5, 0.6) is 0 Å². The Bertz CT molecular complexity index is 1280. The highest BCUT2D eigenvalue weighted by molar-refractivity contribution is 6.08. The molecular weight excluding hydrogens is 372 g/mol. The molecule has 0 aliphatic heterocycles. The number of aromatic nitrogens is 1. The Labute approximate surface area is 177 Å². The summed E-state index contributed by atoms with van der Waals surface area (Å²) in [5, 5.41) is 14.1. The van der Waals surface area contributed by atoms with Gasteiger partial charge in [0.15, 0.2) is 0 Å². The van der Waals surface area contributed by atoms with E-state index in [9.17, 15) is 10.1 Å². The van der Waals surface area contributed by atoms with E-state index in [2.05, 4.69) is 70.8 Å². The fraction of sp³-hybridized carbons (Fsp3) is 0.308. The molecular formula is C26H28N2O2. The van der Waals surface area contributed by atoms with Crippen molar-refractivity contribution in [1.82, 2.24) is 4.98 Å². The Morgan fingerprint density at radius 2 is 1.27 bits per heavy atom. The number of H-pyrrole nitrogens is 1. The van der Waals surface area contributed by atoms with Gasteiger partial charge in [-0.15, -0.1) is 0 Å². The number of nitrogens with zero attached hydrogens (tertiary/aromatic N) is 1. The molecule has 3 aromatic carbocycles. The maximum absolute atomic E-state index is 11.8. The van der Waals surface area contributed by atoms with Crippen LogP contribution >= 0.6 is 0 Å². The molecule has 1 N–H and O–H groups in total. The lowest BCUT2D eigenvalue weighted by Gasteiger charge is -2.19. The normalized spacial score (nSPS) is 12.6. The molecule has 0 spiro atoms. The van der Waals surface area contributed by atoms with E-state index >= 15 is 0 Å². The summed E-state index contributed by atoms with van der Waals surface area (Å²) >= 11 is 0. The number of benzene rings is 3. The average Bonchev–Trinajstić information content (AvgIpc) is 3.03. The molecule has 154 valence electrons. The third kappa shape index (κ3) is 3.47. The predicted molar refractivity (Wildman–Crippen MR) is 125 cm³/mol. The van der Waals surface area contributed by atoms with Crippen molar-refractivity contribution in [3.8, 4) is 11.1 Å². The summed E-state index contributed by atoms with van der Waals surface area (Å²) in [4.78, 5) is 15.0. The minimum Gasteiger partial charge on any atom is -0.354 e. The summed E-state index contributed by atoms with van der Waals surface area (Å²) in [6, 6.07) is 18.2. The van der Waals surface area contributed by atoms with Gasteiger partial charge in [-0.2, -0.15) is 0 Å². The zero-order valence-corrected chi connectivity index (χ0v) is 18.5. The smallest absolute Gasteiger partial charge is 0.277 e. The largest absolute Gasteiger partial charge is 0.354 e. The molecule has 0 unspecified atom stereocenters. The second-order valence-electron chi connectivity index (χ2n) is 10.1. The third-order valence-corrected chi connectivity index (χ3v) is 5.84. The fourth-order valence-corrected chi connectivity index (χ4v) is 3.94. The van der Waals surface area contributed by atoms with Crippen molar-refractivity contribution in [3.05, 3.63) is 75.8 Å². The monoisotopic (exact) mass is 400 g/mol. The zero-order valence-electron chi connectivity index (χ0n) is 18.5. The van der Waals surface area contributed by atoms with E-state index in [4.69, 9.17) is 0 Å². The molecule has 0 amide bonds. The van der Waals surface area contributed by atoms with Gasteiger partial charge in [-0.25, -0.2) is 0 Å². The minimum atomic E-state index is -0.282. The van der Waals surface area contributed by atoms with E-state index < -0.39 is 0 Å². The summed E-state index contributed by atoms with van der Waals surface area (Å²) < 4.78 is 0. The first-order valence-corrected chi connectivity index (χ1v) is 10.3. The van der Waals surface area contributed by atoms with Crippen molar-refractivity contribution in [2.45, 2.75) is 52.4 Å². The molecule has 0 aliphatic carbocycles. The van der Waals surface area contributed by atoms with Gasteiger partial charge in [0, 0.05) is 27.9 Å². The number of hydrogen-bond donors (Lipinski definition) is 1. The molecule has 0 aliphatic rings. The van der Waals surface area contributed by atoms with Crippen LogP contribution in [-0.2, 0) is 10.8 Å². The van der Waals surface area contributed by atoms with Crippen LogP contribution in [0.2, 0.25) is 0 Å². The van der Waals surface area contributed by atoms with Gasteiger partial charge >= 0.3 is 0 Å². The summed E-state index contributed by atoms with van der Waals surface area (Å²) in [5.41, 5.74) is 5.87. The van der Waals surface area contributed by atoms with E-state index in [1.807, 2.05) is 24.3 Å². The van der Waals surface area contributed by atoms with Crippen LogP contribution in [0.15, 0.2) is 54.6 Å².